The second-order valence-corrected chi connectivity index (χ2v) is 8.18. The fourth-order valence-corrected chi connectivity index (χ4v) is 4.06. The summed E-state index contributed by atoms with van der Waals surface area (Å²) in [7, 11) is 0. The first-order valence-corrected chi connectivity index (χ1v) is 10.3. The molecule has 0 bridgehead atoms. The summed E-state index contributed by atoms with van der Waals surface area (Å²) in [5.74, 6) is 0.525. The van der Waals surface area contributed by atoms with E-state index in [1.807, 2.05) is 80.6 Å². The third-order valence-electron chi connectivity index (χ3n) is 4.58. The molecule has 3 aromatic carbocycles. The van der Waals surface area contributed by atoms with Crippen LogP contribution in [-0.4, -0.2) is 22.2 Å². The number of nitrogens with zero attached hydrogens (tertiary/aromatic N) is 1. The number of benzene rings is 3. The molecule has 1 saturated heterocycles. The van der Waals surface area contributed by atoms with Crippen LogP contribution < -0.4 is 4.74 Å². The number of ether oxygens (including phenoxy) is 1. The quantitative estimate of drug-likeness (QED) is 0.500. The summed E-state index contributed by atoms with van der Waals surface area (Å²) in [5, 5.41) is 1.99. The van der Waals surface area contributed by atoms with Gasteiger partial charge in [-0.2, -0.15) is 0 Å². The summed E-state index contributed by atoms with van der Waals surface area (Å²) in [4.78, 5) is 27.0. The third-order valence-corrected chi connectivity index (χ3v) is 5.49. The van der Waals surface area contributed by atoms with Crippen molar-refractivity contribution in [3.8, 4) is 5.75 Å². The van der Waals surface area contributed by atoms with Crippen LogP contribution in [-0.2, 0) is 11.3 Å². The van der Waals surface area contributed by atoms with E-state index in [0.29, 0.717) is 4.91 Å². The van der Waals surface area contributed by atoms with E-state index in [1.54, 1.807) is 6.08 Å². The molecule has 0 N–H and O–H groups in total. The predicted molar refractivity (Wildman–Crippen MR) is 118 cm³/mol. The maximum absolute atomic E-state index is 12.8. The Morgan fingerprint density at radius 3 is 2.41 bits per heavy atom. The van der Waals surface area contributed by atoms with Gasteiger partial charge in [-0.3, -0.25) is 14.5 Å². The normalized spacial score (nSPS) is 15.7. The molecule has 4 rings (SSSR count). The van der Waals surface area contributed by atoms with E-state index in [1.165, 1.54) is 4.90 Å². The molecule has 0 unspecified atom stereocenters. The molecule has 1 heterocycles. The van der Waals surface area contributed by atoms with Crippen LogP contribution in [0, 0.1) is 0 Å². The lowest BCUT2D eigenvalue weighted by Crippen LogP contribution is -2.27. The van der Waals surface area contributed by atoms with Gasteiger partial charge >= 0.3 is 0 Å². The highest BCUT2D eigenvalue weighted by molar-refractivity contribution is 8.18. The van der Waals surface area contributed by atoms with Crippen LogP contribution in [0.1, 0.15) is 25.0 Å². The van der Waals surface area contributed by atoms with Crippen molar-refractivity contribution in [1.82, 2.24) is 4.90 Å². The van der Waals surface area contributed by atoms with E-state index in [0.717, 1.165) is 39.4 Å². The second-order valence-electron chi connectivity index (χ2n) is 7.19. The van der Waals surface area contributed by atoms with E-state index >= 15 is 0 Å². The van der Waals surface area contributed by atoms with Gasteiger partial charge in [0.2, 0.25) is 0 Å². The zero-order valence-corrected chi connectivity index (χ0v) is 17.1. The Bertz CT molecular complexity index is 1100. The maximum atomic E-state index is 12.8. The fourth-order valence-electron chi connectivity index (χ4n) is 3.22. The van der Waals surface area contributed by atoms with Crippen LogP contribution >= 0.6 is 11.8 Å². The summed E-state index contributed by atoms with van der Waals surface area (Å²) in [6, 6.07) is 21.5. The van der Waals surface area contributed by atoms with Gasteiger partial charge in [0.05, 0.1) is 17.6 Å². The van der Waals surface area contributed by atoms with Gasteiger partial charge in [-0.05, 0) is 71.8 Å². The molecule has 3 aromatic rings. The Balaban J connectivity index is 1.51. The Labute approximate surface area is 174 Å². The predicted octanol–water partition coefficient (Wildman–Crippen LogP) is 5.86. The van der Waals surface area contributed by atoms with Crippen molar-refractivity contribution in [1.29, 1.82) is 0 Å². The van der Waals surface area contributed by atoms with Crippen molar-refractivity contribution in [2.24, 2.45) is 0 Å². The number of thioether (sulfide) groups is 1. The number of hydrogen-bond acceptors (Lipinski definition) is 4. The zero-order valence-electron chi connectivity index (χ0n) is 16.3. The molecule has 0 radical (unpaired) electrons. The second kappa shape index (κ2) is 8.13. The van der Waals surface area contributed by atoms with E-state index < -0.39 is 0 Å². The molecule has 1 aliphatic rings. The maximum Gasteiger partial charge on any atom is 0.293 e. The monoisotopic (exact) mass is 403 g/mol. The standard InChI is InChI=1S/C24H21NO3S/c1-16(2)28-21-11-8-17(9-12-21)14-22-23(26)25(24(27)29-22)15-18-7-10-19-5-3-4-6-20(19)13-18/h3-14,16H,15H2,1-2H3/b22-14-. The van der Waals surface area contributed by atoms with Crippen molar-refractivity contribution in [3.63, 3.8) is 0 Å². The lowest BCUT2D eigenvalue weighted by atomic mass is 10.1. The minimum absolute atomic E-state index is 0.104. The number of rotatable bonds is 5. The topological polar surface area (TPSA) is 46.6 Å². The summed E-state index contributed by atoms with van der Waals surface area (Å²) in [6.07, 6.45) is 1.86. The largest absolute Gasteiger partial charge is 0.491 e. The SMILES string of the molecule is CC(C)Oc1ccc(/C=C2\SC(=O)N(Cc3ccc4ccccc4c3)C2=O)cc1. The third kappa shape index (κ3) is 4.35. The average Bonchev–Trinajstić information content (AvgIpc) is 2.96. The molecular formula is C24H21NO3S. The van der Waals surface area contributed by atoms with Gasteiger partial charge in [-0.15, -0.1) is 0 Å². The average molecular weight is 404 g/mol. The highest BCUT2D eigenvalue weighted by Crippen LogP contribution is 2.33. The molecule has 0 saturated carbocycles. The lowest BCUT2D eigenvalue weighted by molar-refractivity contribution is -0.123. The molecule has 29 heavy (non-hydrogen) atoms. The molecule has 146 valence electrons. The van der Waals surface area contributed by atoms with Crippen molar-refractivity contribution in [2.75, 3.05) is 0 Å². The number of hydrogen-bond donors (Lipinski definition) is 0. The molecule has 1 fully saturated rings. The van der Waals surface area contributed by atoms with E-state index in [4.69, 9.17) is 4.74 Å². The van der Waals surface area contributed by atoms with Crippen LogP contribution in [0.5, 0.6) is 5.75 Å². The lowest BCUT2D eigenvalue weighted by Gasteiger charge is -2.13. The number of fused-ring (bicyclic) bond motifs is 1. The number of imide groups is 1. The first-order chi connectivity index (χ1) is 14.0. The zero-order chi connectivity index (χ0) is 20.4. The number of carbonyl (C=O) groups is 2. The van der Waals surface area contributed by atoms with Crippen LogP contribution in [0.15, 0.2) is 71.6 Å². The molecule has 4 nitrogen and oxygen atoms in total. The van der Waals surface area contributed by atoms with Crippen LogP contribution in [0.25, 0.3) is 16.8 Å². The smallest absolute Gasteiger partial charge is 0.293 e. The number of amides is 2. The Kier molecular flexibility index (Phi) is 5.41. The Morgan fingerprint density at radius 1 is 0.966 bits per heavy atom. The first kappa shape index (κ1) is 19.3. The van der Waals surface area contributed by atoms with Gasteiger partial charge in [0, 0.05) is 0 Å². The molecule has 0 atom stereocenters. The minimum Gasteiger partial charge on any atom is -0.491 e. The van der Waals surface area contributed by atoms with Crippen LogP contribution in [0.4, 0.5) is 4.79 Å². The van der Waals surface area contributed by atoms with E-state index in [2.05, 4.69) is 0 Å². The van der Waals surface area contributed by atoms with Crippen molar-refractivity contribution in [2.45, 2.75) is 26.5 Å². The van der Waals surface area contributed by atoms with E-state index in [-0.39, 0.29) is 23.8 Å². The molecule has 1 aliphatic heterocycles. The molecule has 5 heteroatoms. The summed E-state index contributed by atoms with van der Waals surface area (Å²) < 4.78 is 5.64. The summed E-state index contributed by atoms with van der Waals surface area (Å²) in [6.45, 7) is 4.22. The van der Waals surface area contributed by atoms with Crippen molar-refractivity contribution >= 4 is 39.8 Å². The van der Waals surface area contributed by atoms with Gasteiger partial charge in [0.15, 0.2) is 0 Å². The summed E-state index contributed by atoms with van der Waals surface area (Å²) >= 11 is 0.982. The Morgan fingerprint density at radius 2 is 1.69 bits per heavy atom. The minimum atomic E-state index is -0.254. The van der Waals surface area contributed by atoms with Gasteiger partial charge in [0.25, 0.3) is 11.1 Å². The van der Waals surface area contributed by atoms with Gasteiger partial charge in [-0.25, -0.2) is 0 Å². The van der Waals surface area contributed by atoms with Crippen molar-refractivity contribution in [3.05, 3.63) is 82.8 Å². The van der Waals surface area contributed by atoms with Crippen LogP contribution in [0.3, 0.4) is 0 Å². The molecular weight excluding hydrogens is 382 g/mol. The number of carbonyl (C=O) groups excluding carboxylic acids is 2. The van der Waals surface area contributed by atoms with Crippen molar-refractivity contribution < 1.29 is 14.3 Å². The first-order valence-electron chi connectivity index (χ1n) is 9.49. The summed E-state index contributed by atoms with van der Waals surface area (Å²) in [5.41, 5.74) is 1.79. The van der Waals surface area contributed by atoms with Gasteiger partial charge in [0.1, 0.15) is 5.75 Å². The van der Waals surface area contributed by atoms with E-state index in [9.17, 15) is 9.59 Å². The molecule has 0 aliphatic carbocycles. The highest BCUT2D eigenvalue weighted by atomic mass is 32.2. The van der Waals surface area contributed by atoms with Crippen LogP contribution in [0.2, 0.25) is 0 Å². The van der Waals surface area contributed by atoms with Gasteiger partial charge < -0.3 is 4.74 Å². The fraction of sp³-hybridized carbons (Fsp3) is 0.167. The molecule has 0 spiro atoms. The highest BCUT2D eigenvalue weighted by Gasteiger charge is 2.34. The molecule has 2 amide bonds. The Hall–Kier alpha value is -3.05. The van der Waals surface area contributed by atoms with Gasteiger partial charge in [-0.1, -0.05) is 48.5 Å². The molecule has 0 aromatic heterocycles.